The molecule has 4 nitrogen and oxygen atoms in total. The van der Waals surface area contributed by atoms with E-state index in [1.165, 1.54) is 16.8 Å². The lowest BCUT2D eigenvalue weighted by atomic mass is 10.1. The fraction of sp³-hybridized carbons (Fsp3) is 0.429. The van der Waals surface area contributed by atoms with E-state index in [1.54, 1.807) is 0 Å². The van der Waals surface area contributed by atoms with E-state index in [0.29, 0.717) is 13.2 Å². The Bertz CT molecular complexity index is 667. The van der Waals surface area contributed by atoms with E-state index in [-0.39, 0.29) is 0 Å². The Labute approximate surface area is 150 Å². The summed E-state index contributed by atoms with van der Waals surface area (Å²) in [4.78, 5) is 4.74. The Balaban J connectivity index is 1.43. The zero-order chi connectivity index (χ0) is 17.6. The maximum Gasteiger partial charge on any atom is 0.119 e. The number of aryl methyl sites for hydroxylation is 2. The van der Waals surface area contributed by atoms with Crippen LogP contribution in [0.4, 0.5) is 5.69 Å². The number of hydrogen-bond acceptors (Lipinski definition) is 4. The molecule has 25 heavy (non-hydrogen) atoms. The Morgan fingerprint density at radius 2 is 1.68 bits per heavy atom. The molecular formula is C21H28N2O2. The molecule has 0 aromatic heterocycles. The van der Waals surface area contributed by atoms with Crippen molar-refractivity contribution in [2.75, 3.05) is 44.2 Å². The van der Waals surface area contributed by atoms with Crippen LogP contribution in [0.25, 0.3) is 0 Å². The van der Waals surface area contributed by atoms with Crippen molar-refractivity contribution in [1.29, 1.82) is 0 Å². The van der Waals surface area contributed by atoms with Crippen LogP contribution in [-0.2, 0) is 0 Å². The molecule has 0 radical (unpaired) electrons. The van der Waals surface area contributed by atoms with Gasteiger partial charge in [0.05, 0.1) is 0 Å². The van der Waals surface area contributed by atoms with Crippen molar-refractivity contribution in [2.45, 2.75) is 20.0 Å². The highest BCUT2D eigenvalue weighted by molar-refractivity contribution is 5.51. The van der Waals surface area contributed by atoms with Crippen LogP contribution < -0.4 is 9.64 Å². The van der Waals surface area contributed by atoms with Crippen molar-refractivity contribution >= 4 is 5.69 Å². The van der Waals surface area contributed by atoms with E-state index < -0.39 is 6.10 Å². The molecule has 1 saturated heterocycles. The second-order valence-electron chi connectivity index (χ2n) is 6.83. The van der Waals surface area contributed by atoms with Crippen LogP contribution in [0.1, 0.15) is 11.1 Å². The zero-order valence-electron chi connectivity index (χ0n) is 15.2. The second-order valence-corrected chi connectivity index (χ2v) is 6.83. The number of rotatable bonds is 6. The van der Waals surface area contributed by atoms with Crippen molar-refractivity contribution in [1.82, 2.24) is 4.90 Å². The summed E-state index contributed by atoms with van der Waals surface area (Å²) in [6.45, 7) is 9.23. The Morgan fingerprint density at radius 3 is 2.36 bits per heavy atom. The number of para-hydroxylation sites is 1. The first kappa shape index (κ1) is 17.8. The standard InChI is InChI=1S/C21H28N2O2/c1-17-8-9-19(14-18(17)2)23-12-10-22(11-13-23)15-20(24)16-25-21-6-4-3-5-7-21/h3-9,14,20,24H,10-13,15-16H2,1-2H3. The van der Waals surface area contributed by atoms with Gasteiger partial charge in [-0.05, 0) is 49.2 Å². The average Bonchev–Trinajstić information content (AvgIpc) is 2.64. The molecule has 2 aromatic carbocycles. The van der Waals surface area contributed by atoms with Crippen LogP contribution in [0, 0.1) is 13.8 Å². The predicted octanol–water partition coefficient (Wildman–Crippen LogP) is 2.87. The van der Waals surface area contributed by atoms with E-state index in [4.69, 9.17) is 4.74 Å². The summed E-state index contributed by atoms with van der Waals surface area (Å²) in [5.74, 6) is 0.807. The minimum atomic E-state index is -0.464. The highest BCUT2D eigenvalue weighted by atomic mass is 16.5. The summed E-state index contributed by atoms with van der Waals surface area (Å²) in [6, 6.07) is 16.3. The van der Waals surface area contributed by atoms with Crippen LogP contribution >= 0.6 is 0 Å². The van der Waals surface area contributed by atoms with Gasteiger partial charge < -0.3 is 14.7 Å². The van der Waals surface area contributed by atoms with Crippen molar-refractivity contribution in [2.24, 2.45) is 0 Å². The normalized spacial score (nSPS) is 16.7. The highest BCUT2D eigenvalue weighted by Gasteiger charge is 2.20. The number of hydrogen-bond donors (Lipinski definition) is 1. The smallest absolute Gasteiger partial charge is 0.119 e. The second kappa shape index (κ2) is 8.37. The van der Waals surface area contributed by atoms with E-state index in [2.05, 4.69) is 41.8 Å². The molecule has 134 valence electrons. The van der Waals surface area contributed by atoms with Crippen molar-refractivity contribution in [3.63, 3.8) is 0 Å². The SMILES string of the molecule is Cc1ccc(N2CCN(CC(O)COc3ccccc3)CC2)cc1C. The third-order valence-electron chi connectivity index (χ3n) is 4.88. The third-order valence-corrected chi connectivity index (χ3v) is 4.88. The van der Waals surface area contributed by atoms with Gasteiger partial charge in [0.25, 0.3) is 0 Å². The molecule has 1 fully saturated rings. The molecule has 1 atom stereocenters. The Morgan fingerprint density at radius 1 is 0.960 bits per heavy atom. The molecule has 0 amide bonds. The fourth-order valence-electron chi connectivity index (χ4n) is 3.17. The number of aliphatic hydroxyl groups is 1. The predicted molar refractivity (Wildman–Crippen MR) is 103 cm³/mol. The molecule has 1 aliphatic heterocycles. The van der Waals surface area contributed by atoms with E-state index >= 15 is 0 Å². The van der Waals surface area contributed by atoms with Gasteiger partial charge in [0.1, 0.15) is 18.5 Å². The summed E-state index contributed by atoms with van der Waals surface area (Å²) in [5, 5.41) is 10.2. The minimum absolute atomic E-state index is 0.335. The van der Waals surface area contributed by atoms with E-state index in [9.17, 15) is 5.11 Å². The third kappa shape index (κ3) is 4.97. The first-order valence-corrected chi connectivity index (χ1v) is 9.02. The van der Waals surface area contributed by atoms with Crippen molar-refractivity contribution in [3.8, 4) is 5.75 Å². The molecule has 1 aliphatic rings. The lowest BCUT2D eigenvalue weighted by molar-refractivity contribution is 0.0663. The number of benzene rings is 2. The number of β-amino-alcohol motifs (C(OH)–C–C–N with tert-alkyl or cyclic N) is 1. The van der Waals surface area contributed by atoms with Crippen molar-refractivity contribution < 1.29 is 9.84 Å². The summed E-state index contributed by atoms with van der Waals surface area (Å²) < 4.78 is 5.64. The van der Waals surface area contributed by atoms with Crippen LogP contribution in [0.2, 0.25) is 0 Å². The van der Waals surface area contributed by atoms with Gasteiger partial charge in [0, 0.05) is 38.4 Å². The minimum Gasteiger partial charge on any atom is -0.491 e. The van der Waals surface area contributed by atoms with Gasteiger partial charge in [-0.1, -0.05) is 24.3 Å². The van der Waals surface area contributed by atoms with Crippen LogP contribution in [0.3, 0.4) is 0 Å². The lowest BCUT2D eigenvalue weighted by Crippen LogP contribution is -2.49. The highest BCUT2D eigenvalue weighted by Crippen LogP contribution is 2.20. The molecule has 0 spiro atoms. The number of aliphatic hydroxyl groups excluding tert-OH is 1. The van der Waals surface area contributed by atoms with Crippen LogP contribution in [0.15, 0.2) is 48.5 Å². The Hall–Kier alpha value is -2.04. The van der Waals surface area contributed by atoms with Gasteiger partial charge in [-0.25, -0.2) is 0 Å². The topological polar surface area (TPSA) is 35.9 Å². The van der Waals surface area contributed by atoms with Gasteiger partial charge in [0.2, 0.25) is 0 Å². The van der Waals surface area contributed by atoms with Gasteiger partial charge >= 0.3 is 0 Å². The summed E-state index contributed by atoms with van der Waals surface area (Å²) in [5.41, 5.74) is 3.98. The maximum atomic E-state index is 10.2. The van der Waals surface area contributed by atoms with Crippen molar-refractivity contribution in [3.05, 3.63) is 59.7 Å². The summed E-state index contributed by atoms with van der Waals surface area (Å²) in [7, 11) is 0. The number of piperazine rings is 1. The maximum absolute atomic E-state index is 10.2. The first-order valence-electron chi connectivity index (χ1n) is 9.02. The number of ether oxygens (including phenoxy) is 1. The zero-order valence-corrected chi connectivity index (χ0v) is 15.2. The molecule has 4 heteroatoms. The quantitative estimate of drug-likeness (QED) is 0.877. The molecular weight excluding hydrogens is 312 g/mol. The monoisotopic (exact) mass is 340 g/mol. The largest absolute Gasteiger partial charge is 0.491 e. The number of anilines is 1. The van der Waals surface area contributed by atoms with Gasteiger partial charge in [0.15, 0.2) is 0 Å². The summed E-state index contributed by atoms with van der Waals surface area (Å²) >= 11 is 0. The van der Waals surface area contributed by atoms with Crippen LogP contribution in [-0.4, -0.2) is 55.4 Å². The van der Waals surface area contributed by atoms with Crippen LogP contribution in [0.5, 0.6) is 5.75 Å². The van der Waals surface area contributed by atoms with Gasteiger partial charge in [-0.3, -0.25) is 4.90 Å². The van der Waals surface area contributed by atoms with E-state index in [0.717, 1.165) is 31.9 Å². The molecule has 0 bridgehead atoms. The fourth-order valence-corrected chi connectivity index (χ4v) is 3.17. The molecule has 3 rings (SSSR count). The Kier molecular flexibility index (Phi) is 5.95. The molecule has 2 aromatic rings. The molecule has 0 saturated carbocycles. The molecule has 1 N–H and O–H groups in total. The summed E-state index contributed by atoms with van der Waals surface area (Å²) in [6.07, 6.45) is -0.464. The molecule has 1 heterocycles. The van der Waals surface area contributed by atoms with E-state index in [1.807, 2.05) is 30.3 Å². The average molecular weight is 340 g/mol. The van der Waals surface area contributed by atoms with Gasteiger partial charge in [-0.2, -0.15) is 0 Å². The molecule has 0 aliphatic carbocycles. The lowest BCUT2D eigenvalue weighted by Gasteiger charge is -2.37. The number of nitrogens with zero attached hydrogens (tertiary/aromatic N) is 2. The van der Waals surface area contributed by atoms with Gasteiger partial charge in [-0.15, -0.1) is 0 Å². The first-order chi connectivity index (χ1) is 12.1. The molecule has 1 unspecified atom stereocenters.